The van der Waals surface area contributed by atoms with Crippen molar-refractivity contribution in [1.82, 2.24) is 104 Å². The highest BCUT2D eigenvalue weighted by Crippen LogP contribution is 2.17. The molecule has 31 heteroatoms. The quantitative estimate of drug-likeness (QED) is 0.0466. The molecule has 31 nitrogen and oxygen atoms in total. The number of nitrogens with one attached hydrogen (secondary N) is 5. The Hall–Kier alpha value is -10.6. The number of pyridine rings is 4. The summed E-state index contributed by atoms with van der Waals surface area (Å²) >= 11 is 0. The first-order chi connectivity index (χ1) is 41.5. The molecule has 0 aliphatic carbocycles. The number of nitrogen functional groups attached to an aromatic ring is 5. The predicted molar refractivity (Wildman–Crippen MR) is 343 cm³/mol. The highest BCUT2D eigenvalue weighted by atomic mass is 15.5. The lowest BCUT2D eigenvalue weighted by Gasteiger charge is -2.04. The number of rotatable bonds is 15. The largest absolute Gasteiger partial charge is 0.368 e. The number of anilines is 10. The minimum atomic E-state index is 0.213. The monoisotopic (exact) mass is 1170 g/mol. The average Bonchev–Trinajstić information content (AvgIpc) is 4.61. The van der Waals surface area contributed by atoms with Crippen molar-refractivity contribution < 1.29 is 0 Å². The van der Waals surface area contributed by atoms with Crippen molar-refractivity contribution in [3.63, 3.8) is 0 Å². The van der Waals surface area contributed by atoms with E-state index in [9.17, 15) is 0 Å². The molecule has 15 N–H and O–H groups in total. The SMILES string of the molecule is CC.CC.CC.CC.CC.CCNc1nc(N)n(-c2ccncc2)n1.CCNc1nc(N)n(-c2ccncc2)n1.CCNc1nc(N)nn1-c1ccncc1.CCNc1nc(N)nn1-c1ccncc1.CCNc1nc(N)nn1-c1ccncn1. The van der Waals surface area contributed by atoms with E-state index in [-0.39, 0.29) is 17.8 Å². The van der Waals surface area contributed by atoms with Gasteiger partial charge in [-0.3, -0.25) is 19.9 Å². The summed E-state index contributed by atoms with van der Waals surface area (Å²) in [6.07, 6.45) is 16.6. The van der Waals surface area contributed by atoms with Gasteiger partial charge in [-0.05, 0) is 83.1 Å². The van der Waals surface area contributed by atoms with Gasteiger partial charge in [-0.1, -0.05) is 69.2 Å². The molecule has 460 valence electrons. The van der Waals surface area contributed by atoms with Crippen molar-refractivity contribution in [2.45, 2.75) is 104 Å². The molecule has 0 aliphatic heterocycles. The molecule has 85 heavy (non-hydrogen) atoms. The zero-order valence-corrected chi connectivity index (χ0v) is 51.8. The normalized spacial score (nSPS) is 9.35. The van der Waals surface area contributed by atoms with E-state index in [1.54, 1.807) is 85.2 Å². The summed E-state index contributed by atoms with van der Waals surface area (Å²) in [6, 6.07) is 16.4. The molecule has 10 aromatic heterocycles. The van der Waals surface area contributed by atoms with Gasteiger partial charge in [0.05, 0.1) is 22.7 Å². The molecular weight excluding hydrogens is 1080 g/mol. The maximum atomic E-state index is 5.73. The lowest BCUT2D eigenvalue weighted by molar-refractivity contribution is 0.841. The fourth-order valence-corrected chi connectivity index (χ4v) is 6.17. The van der Waals surface area contributed by atoms with Gasteiger partial charge >= 0.3 is 0 Å². The highest BCUT2D eigenvalue weighted by molar-refractivity contribution is 5.45. The molecular formula is C54H89N31. The molecule has 0 spiro atoms. The third-order valence-corrected chi connectivity index (χ3v) is 9.22. The Morgan fingerprint density at radius 1 is 0.318 bits per heavy atom. The van der Waals surface area contributed by atoms with Gasteiger partial charge in [0.25, 0.3) is 0 Å². The van der Waals surface area contributed by atoms with Crippen LogP contribution in [0.25, 0.3) is 28.6 Å². The zero-order valence-electron chi connectivity index (χ0n) is 51.8. The fraction of sp³-hybridized carbons (Fsp3) is 0.370. The van der Waals surface area contributed by atoms with Gasteiger partial charge < -0.3 is 55.3 Å². The molecule has 0 aromatic carbocycles. The molecule has 10 heterocycles. The van der Waals surface area contributed by atoms with Gasteiger partial charge in [-0.2, -0.15) is 48.3 Å². The van der Waals surface area contributed by atoms with Crippen molar-refractivity contribution >= 4 is 59.5 Å². The van der Waals surface area contributed by atoms with Gasteiger partial charge in [-0.25, -0.2) is 9.97 Å². The molecule has 0 aliphatic rings. The molecule has 0 saturated heterocycles. The van der Waals surface area contributed by atoms with Crippen LogP contribution in [0.5, 0.6) is 0 Å². The van der Waals surface area contributed by atoms with Crippen LogP contribution in [-0.4, -0.2) is 136 Å². The van der Waals surface area contributed by atoms with Crippen molar-refractivity contribution in [3.05, 3.63) is 117 Å². The van der Waals surface area contributed by atoms with Crippen LogP contribution in [0.3, 0.4) is 0 Å². The van der Waals surface area contributed by atoms with Gasteiger partial charge in [0.15, 0.2) is 5.82 Å². The molecule has 0 bridgehead atoms. The predicted octanol–water partition coefficient (Wildman–Crippen LogP) is 7.91. The Balaban J connectivity index is 0.000000511. The zero-order chi connectivity index (χ0) is 63.4. The van der Waals surface area contributed by atoms with Crippen molar-refractivity contribution in [2.24, 2.45) is 0 Å². The van der Waals surface area contributed by atoms with Crippen molar-refractivity contribution in [3.8, 4) is 28.6 Å². The maximum absolute atomic E-state index is 5.73. The second-order valence-electron chi connectivity index (χ2n) is 14.6. The summed E-state index contributed by atoms with van der Waals surface area (Å²) in [5.41, 5.74) is 31.5. The molecule has 10 aromatic rings. The Kier molecular flexibility index (Phi) is 36.8. The van der Waals surface area contributed by atoms with Crippen LogP contribution in [0.4, 0.5) is 59.5 Å². The average molecular weight is 1170 g/mol. The Bertz CT molecular complexity index is 2890. The minimum absolute atomic E-state index is 0.213. The summed E-state index contributed by atoms with van der Waals surface area (Å²) in [5.74, 6) is 4.99. The van der Waals surface area contributed by atoms with Gasteiger partial charge in [0.1, 0.15) is 6.33 Å². The molecule has 10 rings (SSSR count). The second kappa shape index (κ2) is 43.2. The number of aromatic nitrogens is 21. The third kappa shape index (κ3) is 24.2. The lowest BCUT2D eigenvalue weighted by atomic mass is 10.4. The number of nitrogens with zero attached hydrogens (tertiary/aromatic N) is 21. The summed E-state index contributed by atoms with van der Waals surface area (Å²) in [7, 11) is 0. The Labute approximate surface area is 498 Å². The maximum Gasteiger partial charge on any atom is 0.244 e. The second-order valence-corrected chi connectivity index (χ2v) is 14.6. The van der Waals surface area contributed by atoms with Gasteiger partial charge in [0.2, 0.25) is 59.5 Å². The third-order valence-electron chi connectivity index (χ3n) is 9.22. The van der Waals surface area contributed by atoms with Crippen LogP contribution < -0.4 is 55.3 Å². The van der Waals surface area contributed by atoms with Crippen LogP contribution in [0.1, 0.15) is 104 Å². The Morgan fingerprint density at radius 2 is 0.588 bits per heavy atom. The topological polar surface area (TPSA) is 421 Å². The Morgan fingerprint density at radius 3 is 0.871 bits per heavy atom. The molecule has 0 fully saturated rings. The summed E-state index contributed by atoms with van der Waals surface area (Å²) in [4.78, 5) is 44.0. The fourth-order valence-electron chi connectivity index (χ4n) is 6.17. The van der Waals surface area contributed by atoms with Crippen LogP contribution in [0.15, 0.2) is 117 Å². The standard InChI is InChI=1S/4C9H12N6.C8H11N7.5C2H6/c2*1-2-12-9-13-8(10)15(14-9)7-3-5-11-6-4-7;2*1-2-12-9-13-8(10)14-15(9)7-3-5-11-6-4-7;1-2-11-8-13-7(9)14-15(8)6-3-4-10-5-12-6;5*1-2/h4*3-6H,2H2,1H3,(H3,10,12,13,14);3-5H,2H2,1H3,(H3,9,11,13,14);5*1-2H3. The molecule has 0 atom stereocenters. The van der Waals surface area contributed by atoms with Crippen molar-refractivity contribution in [1.29, 1.82) is 0 Å². The van der Waals surface area contributed by atoms with Gasteiger partial charge in [-0.15, -0.1) is 25.5 Å². The van der Waals surface area contributed by atoms with Crippen LogP contribution in [0, 0.1) is 0 Å². The van der Waals surface area contributed by atoms with Gasteiger partial charge in [0, 0.05) is 94.6 Å². The number of hydrogen-bond donors (Lipinski definition) is 10. The van der Waals surface area contributed by atoms with E-state index >= 15 is 0 Å². The van der Waals surface area contributed by atoms with Crippen LogP contribution in [-0.2, 0) is 0 Å². The molecule has 0 unspecified atom stereocenters. The summed E-state index contributed by atoms with van der Waals surface area (Å²) in [6.45, 7) is 33.7. The lowest BCUT2D eigenvalue weighted by Crippen LogP contribution is -2.07. The summed E-state index contributed by atoms with van der Waals surface area (Å²) < 4.78 is 7.99. The summed E-state index contributed by atoms with van der Waals surface area (Å²) in [5, 5.41) is 35.9. The number of nitrogens with two attached hydrogens (primary N) is 5. The smallest absolute Gasteiger partial charge is 0.244 e. The van der Waals surface area contributed by atoms with E-state index in [1.165, 1.54) is 6.33 Å². The number of hydrogen-bond acceptors (Lipinski definition) is 26. The first kappa shape index (κ1) is 72.4. The minimum Gasteiger partial charge on any atom is -0.368 e. The molecule has 0 amide bonds. The van der Waals surface area contributed by atoms with E-state index < -0.39 is 0 Å². The van der Waals surface area contributed by atoms with E-state index in [2.05, 4.69) is 107 Å². The van der Waals surface area contributed by atoms with Crippen LogP contribution >= 0.6 is 0 Å². The van der Waals surface area contributed by atoms with E-state index in [0.29, 0.717) is 47.5 Å². The van der Waals surface area contributed by atoms with E-state index in [0.717, 1.165) is 55.5 Å². The van der Waals surface area contributed by atoms with Crippen molar-refractivity contribution in [2.75, 3.05) is 88.0 Å². The van der Waals surface area contributed by atoms with E-state index in [4.69, 9.17) is 28.7 Å². The molecule has 0 saturated carbocycles. The van der Waals surface area contributed by atoms with E-state index in [1.807, 2.05) is 152 Å². The highest BCUT2D eigenvalue weighted by Gasteiger charge is 2.12. The molecule has 0 radical (unpaired) electrons. The first-order valence-corrected chi connectivity index (χ1v) is 28.2. The first-order valence-electron chi connectivity index (χ1n) is 28.2. The van der Waals surface area contributed by atoms with Crippen LogP contribution in [0.2, 0.25) is 0 Å².